The maximum atomic E-state index is 3.90. The van der Waals surface area contributed by atoms with Crippen LogP contribution in [0.2, 0.25) is 0 Å². The fraction of sp³-hybridized carbons (Fsp3) is 0.840. The smallest absolute Gasteiger partial charge is 0.0351 e. The normalized spacial score (nSPS) is 11.6. The molecule has 0 fully saturated rings. The molecule has 0 heteroatoms. The molecule has 25 heavy (non-hydrogen) atoms. The predicted octanol–water partition coefficient (Wildman–Crippen LogP) is 9.40. The minimum absolute atomic E-state index is 1.11. The molecule has 148 valence electrons. The molecule has 0 aliphatic rings. The first-order valence-corrected chi connectivity index (χ1v) is 11.6. The second kappa shape index (κ2) is 23.7. The van der Waals surface area contributed by atoms with Crippen LogP contribution in [-0.4, -0.2) is 0 Å². The molecule has 0 spiro atoms. The van der Waals surface area contributed by atoms with Gasteiger partial charge in [-0.1, -0.05) is 135 Å². The van der Waals surface area contributed by atoms with Gasteiger partial charge in [0.15, 0.2) is 0 Å². The van der Waals surface area contributed by atoms with Crippen LogP contribution in [0.5, 0.6) is 0 Å². The van der Waals surface area contributed by atoms with Crippen LogP contribution < -0.4 is 0 Å². The molecule has 0 aliphatic heterocycles. The Hall–Kier alpha value is -0.260. The monoisotopic (exact) mass is 348 g/mol. The zero-order valence-electron chi connectivity index (χ0n) is 17.4. The van der Waals surface area contributed by atoms with Crippen LogP contribution in [0.15, 0.2) is 12.2 Å². The molecule has 0 aromatic rings. The standard InChI is InChI=1S/C25H48/c1-3-5-7-9-11-13-15-17-19-21-23-25-24-22-20-18-16-14-12-10-8-6-4-2/h23,25H,1-22,24H2. The Balaban J connectivity index is 3.04. The summed E-state index contributed by atoms with van der Waals surface area (Å²) in [6, 6.07) is 0. The van der Waals surface area contributed by atoms with Crippen molar-refractivity contribution >= 4 is 0 Å². The molecule has 0 aliphatic carbocycles. The maximum Gasteiger partial charge on any atom is -0.0351 e. The van der Waals surface area contributed by atoms with Gasteiger partial charge in [-0.15, -0.1) is 0 Å². The Morgan fingerprint density at radius 3 is 0.840 bits per heavy atom. The van der Waals surface area contributed by atoms with Gasteiger partial charge in [0.05, 0.1) is 0 Å². The van der Waals surface area contributed by atoms with E-state index in [-0.39, 0.29) is 0 Å². The van der Waals surface area contributed by atoms with Gasteiger partial charge in [0.1, 0.15) is 0 Å². The van der Waals surface area contributed by atoms with E-state index in [0.29, 0.717) is 0 Å². The van der Waals surface area contributed by atoms with Gasteiger partial charge in [-0.3, -0.25) is 0 Å². The third kappa shape index (κ3) is 23.7. The lowest BCUT2D eigenvalue weighted by Gasteiger charge is -2.01. The Bertz CT molecular complexity index is 240. The van der Waals surface area contributed by atoms with Gasteiger partial charge < -0.3 is 0 Å². The van der Waals surface area contributed by atoms with E-state index in [1.807, 2.05) is 0 Å². The number of allylic oxidation sites excluding steroid dienone is 2. The highest BCUT2D eigenvalue weighted by Gasteiger charge is 1.93. The fourth-order valence-electron chi connectivity index (χ4n) is 3.41. The first-order valence-electron chi connectivity index (χ1n) is 11.6. The molecular formula is C25H48. The van der Waals surface area contributed by atoms with Gasteiger partial charge >= 0.3 is 0 Å². The second-order valence-electron chi connectivity index (χ2n) is 7.77. The lowest BCUT2D eigenvalue weighted by atomic mass is 10.1. The van der Waals surface area contributed by atoms with E-state index in [1.165, 1.54) is 122 Å². The highest BCUT2D eigenvalue weighted by atomic mass is 14.0. The van der Waals surface area contributed by atoms with E-state index in [2.05, 4.69) is 26.0 Å². The average Bonchev–Trinajstić information content (AvgIpc) is 2.63. The van der Waals surface area contributed by atoms with Crippen molar-refractivity contribution in [3.63, 3.8) is 0 Å². The summed E-state index contributed by atoms with van der Waals surface area (Å²) in [6.07, 6.45) is 33.7. The maximum absolute atomic E-state index is 3.90. The Labute approximate surface area is 161 Å². The summed E-state index contributed by atoms with van der Waals surface area (Å²) in [6.45, 7) is 7.80. The van der Waals surface area contributed by atoms with Crippen molar-refractivity contribution in [2.45, 2.75) is 135 Å². The summed E-state index contributed by atoms with van der Waals surface area (Å²) >= 11 is 0. The van der Waals surface area contributed by atoms with E-state index in [0.717, 1.165) is 12.8 Å². The third-order valence-corrected chi connectivity index (χ3v) is 5.16. The van der Waals surface area contributed by atoms with Gasteiger partial charge in [-0.2, -0.15) is 0 Å². The predicted molar refractivity (Wildman–Crippen MR) is 117 cm³/mol. The van der Waals surface area contributed by atoms with E-state index >= 15 is 0 Å². The van der Waals surface area contributed by atoms with E-state index < -0.39 is 0 Å². The van der Waals surface area contributed by atoms with Crippen LogP contribution >= 0.6 is 0 Å². The minimum Gasteiger partial charge on any atom is -0.0885 e. The summed E-state index contributed by atoms with van der Waals surface area (Å²) in [7, 11) is 0. The zero-order valence-corrected chi connectivity index (χ0v) is 17.4. The van der Waals surface area contributed by atoms with Crippen molar-refractivity contribution in [3.8, 4) is 0 Å². The van der Waals surface area contributed by atoms with Crippen LogP contribution in [-0.2, 0) is 0 Å². The molecular weight excluding hydrogens is 300 g/mol. The SMILES string of the molecule is [CH2]CCCCCCCCCCC=CCCCCCCCCCCC[CH2]. The van der Waals surface area contributed by atoms with Crippen molar-refractivity contribution in [3.05, 3.63) is 26.0 Å². The van der Waals surface area contributed by atoms with Crippen LogP contribution in [0.25, 0.3) is 0 Å². The van der Waals surface area contributed by atoms with E-state index in [4.69, 9.17) is 0 Å². The van der Waals surface area contributed by atoms with Crippen LogP contribution in [0.3, 0.4) is 0 Å². The van der Waals surface area contributed by atoms with Gasteiger partial charge in [0.2, 0.25) is 0 Å². The summed E-state index contributed by atoms with van der Waals surface area (Å²) in [5.74, 6) is 0. The van der Waals surface area contributed by atoms with Crippen molar-refractivity contribution in [2.24, 2.45) is 0 Å². The summed E-state index contributed by atoms with van der Waals surface area (Å²) < 4.78 is 0. The van der Waals surface area contributed by atoms with Crippen molar-refractivity contribution in [1.29, 1.82) is 0 Å². The molecule has 2 radical (unpaired) electrons. The highest BCUT2D eigenvalue weighted by molar-refractivity contribution is 4.81. The molecule has 0 atom stereocenters. The molecule has 0 saturated heterocycles. The Morgan fingerprint density at radius 1 is 0.320 bits per heavy atom. The van der Waals surface area contributed by atoms with E-state index in [1.54, 1.807) is 0 Å². The number of hydrogen-bond acceptors (Lipinski definition) is 0. The zero-order chi connectivity index (χ0) is 18.3. The molecule has 0 amide bonds. The van der Waals surface area contributed by atoms with Crippen LogP contribution in [0.4, 0.5) is 0 Å². The van der Waals surface area contributed by atoms with Crippen LogP contribution in [0, 0.1) is 13.8 Å². The van der Waals surface area contributed by atoms with Crippen molar-refractivity contribution in [2.75, 3.05) is 0 Å². The third-order valence-electron chi connectivity index (χ3n) is 5.16. The number of rotatable bonds is 21. The minimum atomic E-state index is 1.11. The fourth-order valence-corrected chi connectivity index (χ4v) is 3.41. The van der Waals surface area contributed by atoms with Gasteiger partial charge in [0.25, 0.3) is 0 Å². The number of hydrogen-bond donors (Lipinski definition) is 0. The molecule has 0 aromatic carbocycles. The Morgan fingerprint density at radius 2 is 0.560 bits per heavy atom. The first kappa shape index (κ1) is 24.7. The molecule has 0 heterocycles. The first-order chi connectivity index (χ1) is 12.4. The molecule has 0 rings (SSSR count). The second-order valence-corrected chi connectivity index (χ2v) is 7.77. The summed E-state index contributed by atoms with van der Waals surface area (Å²) in [5, 5.41) is 0. The molecule has 0 nitrogen and oxygen atoms in total. The van der Waals surface area contributed by atoms with E-state index in [9.17, 15) is 0 Å². The molecule has 0 bridgehead atoms. The molecule has 0 unspecified atom stereocenters. The average molecular weight is 349 g/mol. The molecule has 0 N–H and O–H groups in total. The van der Waals surface area contributed by atoms with Crippen molar-refractivity contribution in [1.82, 2.24) is 0 Å². The van der Waals surface area contributed by atoms with Gasteiger partial charge in [-0.25, -0.2) is 0 Å². The largest absolute Gasteiger partial charge is 0.0885 e. The molecule has 0 aromatic heterocycles. The highest BCUT2D eigenvalue weighted by Crippen LogP contribution is 2.12. The van der Waals surface area contributed by atoms with Crippen molar-refractivity contribution < 1.29 is 0 Å². The topological polar surface area (TPSA) is 0 Å². The lowest BCUT2D eigenvalue weighted by Crippen LogP contribution is -1.82. The lowest BCUT2D eigenvalue weighted by molar-refractivity contribution is 0.560. The van der Waals surface area contributed by atoms with Crippen LogP contribution in [0.1, 0.15) is 135 Å². The Kier molecular flexibility index (Phi) is 23.5. The summed E-state index contributed by atoms with van der Waals surface area (Å²) in [4.78, 5) is 0. The summed E-state index contributed by atoms with van der Waals surface area (Å²) in [5.41, 5.74) is 0. The van der Waals surface area contributed by atoms with Gasteiger partial charge in [0, 0.05) is 0 Å². The van der Waals surface area contributed by atoms with Gasteiger partial charge in [-0.05, 0) is 25.7 Å². The molecule has 0 saturated carbocycles. The number of unbranched alkanes of at least 4 members (excludes halogenated alkanes) is 19. The quantitative estimate of drug-likeness (QED) is 0.143.